The van der Waals surface area contributed by atoms with Gasteiger partial charge in [0.2, 0.25) is 0 Å². The Bertz CT molecular complexity index is 455. The maximum absolute atomic E-state index is 10.4. The molecule has 1 N–H and O–H groups in total. The van der Waals surface area contributed by atoms with Crippen molar-refractivity contribution in [2.75, 3.05) is 7.11 Å². The number of hydrogen-bond donors (Lipinski definition) is 1. The molecule has 0 bridgehead atoms. The second-order valence-corrected chi connectivity index (χ2v) is 4.31. The zero-order valence-electron chi connectivity index (χ0n) is 10.0. The van der Waals surface area contributed by atoms with E-state index in [0.29, 0.717) is 6.42 Å². The normalized spacial score (nSPS) is 14.3. The number of hydrogen-bond acceptors (Lipinski definition) is 3. The van der Waals surface area contributed by atoms with E-state index in [-0.39, 0.29) is 0 Å². The minimum Gasteiger partial charge on any atom is -0.497 e. The molecule has 0 amide bonds. The Balaban J connectivity index is 2.18. The molecule has 90 valence electrons. The Morgan fingerprint density at radius 2 is 1.94 bits per heavy atom. The first kappa shape index (κ1) is 11.7. The second kappa shape index (κ2) is 4.63. The van der Waals surface area contributed by atoms with Crippen LogP contribution in [-0.4, -0.2) is 12.2 Å². The van der Waals surface area contributed by atoms with E-state index in [0.717, 1.165) is 16.9 Å². The van der Waals surface area contributed by atoms with Crippen molar-refractivity contribution in [2.45, 2.75) is 18.9 Å². The molecule has 0 saturated carbocycles. The number of rotatable bonds is 4. The van der Waals surface area contributed by atoms with Crippen LogP contribution in [-0.2, 0) is 12.0 Å². The standard InChI is InChI=1S/C14H16O3/c1-14(15,9-11-7-8-17-10-11)12-3-5-13(16-2)6-4-12/h3-8,10,15H,9H2,1-2H3. The van der Waals surface area contributed by atoms with E-state index in [2.05, 4.69) is 0 Å². The van der Waals surface area contributed by atoms with Gasteiger partial charge in [-0.1, -0.05) is 12.1 Å². The fourth-order valence-electron chi connectivity index (χ4n) is 1.84. The lowest BCUT2D eigenvalue weighted by atomic mass is 9.90. The Kier molecular flexibility index (Phi) is 3.20. The maximum Gasteiger partial charge on any atom is 0.118 e. The quantitative estimate of drug-likeness (QED) is 0.881. The predicted molar refractivity (Wildman–Crippen MR) is 65.0 cm³/mol. The first-order chi connectivity index (χ1) is 8.12. The van der Waals surface area contributed by atoms with Gasteiger partial charge in [0.15, 0.2) is 0 Å². The minimum absolute atomic E-state index is 0.524. The number of benzene rings is 1. The molecule has 1 aromatic carbocycles. The van der Waals surface area contributed by atoms with Gasteiger partial charge < -0.3 is 14.3 Å². The molecular formula is C14H16O3. The van der Waals surface area contributed by atoms with Crippen molar-refractivity contribution in [3.05, 3.63) is 54.0 Å². The Morgan fingerprint density at radius 1 is 1.24 bits per heavy atom. The summed E-state index contributed by atoms with van der Waals surface area (Å²) in [5.41, 5.74) is 0.932. The zero-order chi connectivity index (χ0) is 12.3. The second-order valence-electron chi connectivity index (χ2n) is 4.31. The van der Waals surface area contributed by atoms with Crippen LogP contribution in [0.3, 0.4) is 0 Å². The highest BCUT2D eigenvalue weighted by atomic mass is 16.5. The van der Waals surface area contributed by atoms with E-state index in [1.807, 2.05) is 30.3 Å². The van der Waals surface area contributed by atoms with Gasteiger partial charge in [0.1, 0.15) is 5.75 Å². The van der Waals surface area contributed by atoms with Gasteiger partial charge in [-0.25, -0.2) is 0 Å². The van der Waals surface area contributed by atoms with Gasteiger partial charge in [0.05, 0.1) is 25.2 Å². The highest BCUT2D eigenvalue weighted by molar-refractivity contribution is 5.31. The van der Waals surface area contributed by atoms with Crippen LogP contribution in [0.5, 0.6) is 5.75 Å². The molecule has 0 radical (unpaired) electrons. The van der Waals surface area contributed by atoms with Crippen molar-refractivity contribution in [1.29, 1.82) is 0 Å². The molecule has 2 aromatic rings. The van der Waals surface area contributed by atoms with E-state index in [1.165, 1.54) is 0 Å². The molecule has 0 aliphatic heterocycles. The zero-order valence-corrected chi connectivity index (χ0v) is 10.0. The van der Waals surface area contributed by atoms with Gasteiger partial charge in [-0.15, -0.1) is 0 Å². The summed E-state index contributed by atoms with van der Waals surface area (Å²) in [5.74, 6) is 0.785. The largest absolute Gasteiger partial charge is 0.497 e. The molecule has 1 aromatic heterocycles. The van der Waals surface area contributed by atoms with E-state index in [4.69, 9.17) is 9.15 Å². The molecule has 17 heavy (non-hydrogen) atoms. The van der Waals surface area contributed by atoms with Crippen LogP contribution in [0, 0.1) is 0 Å². The smallest absolute Gasteiger partial charge is 0.118 e. The lowest BCUT2D eigenvalue weighted by Gasteiger charge is -2.23. The van der Waals surface area contributed by atoms with E-state index in [9.17, 15) is 5.11 Å². The molecule has 2 rings (SSSR count). The summed E-state index contributed by atoms with van der Waals surface area (Å²) in [5, 5.41) is 10.4. The maximum atomic E-state index is 10.4. The lowest BCUT2D eigenvalue weighted by Crippen LogP contribution is -2.23. The topological polar surface area (TPSA) is 42.6 Å². The van der Waals surface area contributed by atoms with Crippen molar-refractivity contribution in [3.63, 3.8) is 0 Å². The third-order valence-corrected chi connectivity index (χ3v) is 2.84. The third kappa shape index (κ3) is 2.68. The molecule has 0 aliphatic rings. The van der Waals surface area contributed by atoms with Gasteiger partial charge in [-0.05, 0) is 36.2 Å². The monoisotopic (exact) mass is 232 g/mol. The number of furan rings is 1. The van der Waals surface area contributed by atoms with Gasteiger partial charge in [-0.3, -0.25) is 0 Å². The summed E-state index contributed by atoms with van der Waals surface area (Å²) in [6.45, 7) is 1.79. The van der Waals surface area contributed by atoms with Crippen LogP contribution >= 0.6 is 0 Å². The summed E-state index contributed by atoms with van der Waals surface area (Å²) in [4.78, 5) is 0. The van der Waals surface area contributed by atoms with Crippen LogP contribution in [0.15, 0.2) is 47.3 Å². The number of ether oxygens (including phenoxy) is 1. The van der Waals surface area contributed by atoms with Crippen LogP contribution < -0.4 is 4.74 Å². The van der Waals surface area contributed by atoms with Gasteiger partial charge in [-0.2, -0.15) is 0 Å². The van der Waals surface area contributed by atoms with Crippen molar-refractivity contribution < 1.29 is 14.3 Å². The van der Waals surface area contributed by atoms with Crippen LogP contribution in [0.4, 0.5) is 0 Å². The number of aliphatic hydroxyl groups is 1. The van der Waals surface area contributed by atoms with Crippen LogP contribution in [0.25, 0.3) is 0 Å². The summed E-state index contributed by atoms with van der Waals surface area (Å²) in [7, 11) is 1.62. The van der Waals surface area contributed by atoms with Crippen LogP contribution in [0.2, 0.25) is 0 Å². The van der Waals surface area contributed by atoms with E-state index in [1.54, 1.807) is 26.6 Å². The highest BCUT2D eigenvalue weighted by Crippen LogP contribution is 2.27. The van der Waals surface area contributed by atoms with Crippen molar-refractivity contribution in [1.82, 2.24) is 0 Å². The molecule has 3 nitrogen and oxygen atoms in total. The van der Waals surface area contributed by atoms with Crippen molar-refractivity contribution >= 4 is 0 Å². The summed E-state index contributed by atoms with van der Waals surface area (Å²) in [6, 6.07) is 9.30. The summed E-state index contributed by atoms with van der Waals surface area (Å²) < 4.78 is 10.1. The Hall–Kier alpha value is -1.74. The first-order valence-electron chi connectivity index (χ1n) is 5.50. The Morgan fingerprint density at radius 3 is 2.47 bits per heavy atom. The molecule has 0 fully saturated rings. The van der Waals surface area contributed by atoms with Crippen molar-refractivity contribution in [2.24, 2.45) is 0 Å². The minimum atomic E-state index is -0.907. The first-order valence-corrected chi connectivity index (χ1v) is 5.50. The van der Waals surface area contributed by atoms with Gasteiger partial charge in [0, 0.05) is 6.42 Å². The van der Waals surface area contributed by atoms with Crippen molar-refractivity contribution in [3.8, 4) is 5.75 Å². The summed E-state index contributed by atoms with van der Waals surface area (Å²) >= 11 is 0. The fraction of sp³-hybridized carbons (Fsp3) is 0.286. The average molecular weight is 232 g/mol. The van der Waals surface area contributed by atoms with Crippen LogP contribution in [0.1, 0.15) is 18.1 Å². The lowest BCUT2D eigenvalue weighted by molar-refractivity contribution is 0.0574. The molecule has 0 saturated heterocycles. The number of methoxy groups -OCH3 is 1. The Labute approximate surface area is 101 Å². The van der Waals surface area contributed by atoms with Gasteiger partial charge in [0.25, 0.3) is 0 Å². The predicted octanol–water partition coefficient (Wildman–Crippen LogP) is 2.74. The van der Waals surface area contributed by atoms with E-state index < -0.39 is 5.60 Å². The highest BCUT2D eigenvalue weighted by Gasteiger charge is 2.23. The summed E-state index contributed by atoms with van der Waals surface area (Å²) in [6.07, 6.45) is 3.78. The fourth-order valence-corrected chi connectivity index (χ4v) is 1.84. The SMILES string of the molecule is COc1ccc(C(C)(O)Cc2ccoc2)cc1. The molecule has 0 aliphatic carbocycles. The molecule has 1 unspecified atom stereocenters. The molecule has 0 spiro atoms. The average Bonchev–Trinajstić information content (AvgIpc) is 2.81. The molecule has 1 heterocycles. The third-order valence-electron chi connectivity index (χ3n) is 2.84. The molecular weight excluding hydrogens is 216 g/mol. The van der Waals surface area contributed by atoms with Gasteiger partial charge >= 0.3 is 0 Å². The van der Waals surface area contributed by atoms with E-state index >= 15 is 0 Å². The molecule has 3 heteroatoms. The molecule has 1 atom stereocenters.